The number of hydrogen-bond donors (Lipinski definition) is 1. The van der Waals surface area contributed by atoms with Crippen LogP contribution in [0.15, 0.2) is 28.9 Å². The van der Waals surface area contributed by atoms with Crippen LogP contribution in [0.1, 0.15) is 5.69 Å². The Morgan fingerprint density at radius 2 is 2.29 bits per heavy atom. The summed E-state index contributed by atoms with van der Waals surface area (Å²) in [7, 11) is 0. The summed E-state index contributed by atoms with van der Waals surface area (Å²) in [6, 6.07) is 5.26. The molecular formula is C10H7BrClN3O2. The molecule has 0 aliphatic rings. The molecule has 88 valence electrons. The molecule has 1 N–H and O–H groups in total. The lowest BCUT2D eigenvalue weighted by atomic mass is 10.3. The third-order valence-corrected chi connectivity index (χ3v) is 3.49. The van der Waals surface area contributed by atoms with E-state index < -0.39 is 5.97 Å². The fourth-order valence-corrected chi connectivity index (χ4v) is 1.99. The van der Waals surface area contributed by atoms with E-state index >= 15 is 0 Å². The molecule has 0 aliphatic heterocycles. The number of aliphatic carboxylic acids is 1. The maximum atomic E-state index is 10.7. The molecule has 17 heavy (non-hydrogen) atoms. The smallest absolute Gasteiger partial charge is 0.309 e. The molecule has 0 fully saturated rings. The summed E-state index contributed by atoms with van der Waals surface area (Å²) in [4.78, 5) is 10.7. The number of benzene rings is 1. The van der Waals surface area contributed by atoms with Gasteiger partial charge in [-0.3, -0.25) is 4.79 Å². The molecule has 0 unspecified atom stereocenters. The molecule has 1 aromatic heterocycles. The van der Waals surface area contributed by atoms with Gasteiger partial charge in [0.2, 0.25) is 0 Å². The van der Waals surface area contributed by atoms with Gasteiger partial charge in [0.25, 0.3) is 0 Å². The fourth-order valence-electron chi connectivity index (χ4n) is 1.39. The largest absolute Gasteiger partial charge is 0.481 e. The van der Waals surface area contributed by atoms with Crippen LogP contribution in [0.25, 0.3) is 5.69 Å². The molecule has 2 rings (SSSR count). The summed E-state index contributed by atoms with van der Waals surface area (Å²) in [6.45, 7) is 0. The van der Waals surface area contributed by atoms with Crippen molar-refractivity contribution in [2.75, 3.05) is 0 Å². The molecule has 1 aromatic carbocycles. The number of halogens is 2. The Balaban J connectivity index is 2.50. The Labute approximate surface area is 110 Å². The van der Waals surface area contributed by atoms with E-state index in [0.717, 1.165) is 0 Å². The SMILES string of the molecule is O=C(O)Cc1cnnn1-c1cccc(Cl)c1Br. The average molecular weight is 317 g/mol. The van der Waals surface area contributed by atoms with Crippen molar-refractivity contribution in [2.24, 2.45) is 0 Å². The molecule has 1 heterocycles. The van der Waals surface area contributed by atoms with Crippen LogP contribution in [0.5, 0.6) is 0 Å². The number of nitrogens with zero attached hydrogens (tertiary/aromatic N) is 3. The van der Waals surface area contributed by atoms with Crippen LogP contribution in [-0.2, 0) is 11.2 Å². The highest BCUT2D eigenvalue weighted by Crippen LogP contribution is 2.29. The molecule has 0 saturated carbocycles. The molecule has 0 spiro atoms. The van der Waals surface area contributed by atoms with E-state index in [4.69, 9.17) is 16.7 Å². The molecule has 0 atom stereocenters. The number of rotatable bonds is 3. The minimum absolute atomic E-state index is 0.147. The van der Waals surface area contributed by atoms with Crippen molar-refractivity contribution in [1.29, 1.82) is 0 Å². The summed E-state index contributed by atoms with van der Waals surface area (Å²) in [5, 5.41) is 16.9. The summed E-state index contributed by atoms with van der Waals surface area (Å²) in [5.41, 5.74) is 1.15. The first kappa shape index (κ1) is 12.1. The highest BCUT2D eigenvalue weighted by molar-refractivity contribution is 9.10. The molecule has 2 aromatic rings. The zero-order valence-electron chi connectivity index (χ0n) is 8.47. The number of carboxylic acid groups (broad SMARTS) is 1. The highest BCUT2D eigenvalue weighted by Gasteiger charge is 2.13. The lowest BCUT2D eigenvalue weighted by Gasteiger charge is -2.07. The van der Waals surface area contributed by atoms with Gasteiger partial charge in [-0.25, -0.2) is 4.68 Å². The van der Waals surface area contributed by atoms with Crippen molar-refractivity contribution < 1.29 is 9.90 Å². The molecule has 0 amide bonds. The first-order valence-corrected chi connectivity index (χ1v) is 5.82. The van der Waals surface area contributed by atoms with Gasteiger partial charge in [0, 0.05) is 0 Å². The van der Waals surface area contributed by atoms with Crippen molar-refractivity contribution in [2.45, 2.75) is 6.42 Å². The Kier molecular flexibility index (Phi) is 3.44. The zero-order valence-corrected chi connectivity index (χ0v) is 10.8. The topological polar surface area (TPSA) is 68.0 Å². The van der Waals surface area contributed by atoms with E-state index in [2.05, 4.69) is 26.2 Å². The van der Waals surface area contributed by atoms with Gasteiger partial charge in [0.05, 0.1) is 33.5 Å². The van der Waals surface area contributed by atoms with Gasteiger partial charge in [-0.05, 0) is 28.1 Å². The summed E-state index contributed by atoms with van der Waals surface area (Å²) < 4.78 is 2.10. The van der Waals surface area contributed by atoms with Gasteiger partial charge in [-0.15, -0.1) is 5.10 Å². The van der Waals surface area contributed by atoms with Gasteiger partial charge < -0.3 is 5.11 Å². The normalized spacial score (nSPS) is 10.5. The van der Waals surface area contributed by atoms with E-state index in [1.807, 2.05) is 0 Å². The molecule has 5 nitrogen and oxygen atoms in total. The standard InChI is InChI=1S/C10H7BrClN3O2/c11-10-7(12)2-1-3-8(10)15-6(4-9(16)17)5-13-14-15/h1-3,5H,4H2,(H,16,17). The van der Waals surface area contributed by atoms with Crippen LogP contribution in [0, 0.1) is 0 Å². The van der Waals surface area contributed by atoms with Crippen LogP contribution in [0.3, 0.4) is 0 Å². The number of carboxylic acids is 1. The minimum atomic E-state index is -0.938. The summed E-state index contributed by atoms with van der Waals surface area (Å²) >= 11 is 9.30. The van der Waals surface area contributed by atoms with E-state index in [9.17, 15) is 4.79 Å². The van der Waals surface area contributed by atoms with Crippen molar-refractivity contribution in [1.82, 2.24) is 15.0 Å². The average Bonchev–Trinajstić information content (AvgIpc) is 2.69. The lowest BCUT2D eigenvalue weighted by Crippen LogP contribution is -2.08. The van der Waals surface area contributed by atoms with Crippen molar-refractivity contribution >= 4 is 33.5 Å². The minimum Gasteiger partial charge on any atom is -0.481 e. The van der Waals surface area contributed by atoms with Crippen LogP contribution in [-0.4, -0.2) is 26.1 Å². The molecule has 7 heteroatoms. The van der Waals surface area contributed by atoms with E-state index in [1.54, 1.807) is 18.2 Å². The second-order valence-corrected chi connectivity index (χ2v) is 4.48. The summed E-state index contributed by atoms with van der Waals surface area (Å²) in [5.74, 6) is -0.938. The third-order valence-electron chi connectivity index (χ3n) is 2.11. The highest BCUT2D eigenvalue weighted by atomic mass is 79.9. The van der Waals surface area contributed by atoms with Crippen LogP contribution in [0.2, 0.25) is 5.02 Å². The Morgan fingerprint density at radius 3 is 3.00 bits per heavy atom. The second-order valence-electron chi connectivity index (χ2n) is 3.28. The Bertz CT molecular complexity index is 570. The predicted octanol–water partition coefficient (Wildman–Crippen LogP) is 2.31. The Hall–Kier alpha value is -1.40. The van der Waals surface area contributed by atoms with Gasteiger partial charge in [-0.2, -0.15) is 0 Å². The number of hydrogen-bond acceptors (Lipinski definition) is 3. The Morgan fingerprint density at radius 1 is 1.53 bits per heavy atom. The van der Waals surface area contributed by atoms with Gasteiger partial charge in [0.1, 0.15) is 0 Å². The van der Waals surface area contributed by atoms with Gasteiger partial charge >= 0.3 is 5.97 Å². The van der Waals surface area contributed by atoms with E-state index in [-0.39, 0.29) is 6.42 Å². The first-order chi connectivity index (χ1) is 8.09. The molecule has 0 saturated heterocycles. The third kappa shape index (κ3) is 2.48. The monoisotopic (exact) mass is 315 g/mol. The van der Waals surface area contributed by atoms with Crippen LogP contribution >= 0.6 is 27.5 Å². The van der Waals surface area contributed by atoms with Crippen molar-refractivity contribution in [3.8, 4) is 5.69 Å². The van der Waals surface area contributed by atoms with Crippen LogP contribution < -0.4 is 0 Å². The predicted molar refractivity (Wildman–Crippen MR) is 65.4 cm³/mol. The maximum Gasteiger partial charge on any atom is 0.309 e. The zero-order chi connectivity index (χ0) is 12.4. The summed E-state index contributed by atoms with van der Waals surface area (Å²) in [6.07, 6.45) is 1.27. The van der Waals surface area contributed by atoms with Gasteiger partial charge in [-0.1, -0.05) is 22.9 Å². The van der Waals surface area contributed by atoms with Crippen molar-refractivity contribution in [3.05, 3.63) is 39.6 Å². The number of carbonyl (C=O) groups is 1. The van der Waals surface area contributed by atoms with E-state index in [1.165, 1.54) is 10.9 Å². The van der Waals surface area contributed by atoms with Gasteiger partial charge in [0.15, 0.2) is 0 Å². The molecule has 0 bridgehead atoms. The number of aromatic nitrogens is 3. The molecule has 0 aliphatic carbocycles. The second kappa shape index (κ2) is 4.85. The molecular weight excluding hydrogens is 309 g/mol. The quantitative estimate of drug-likeness (QED) is 0.943. The first-order valence-electron chi connectivity index (χ1n) is 4.65. The van der Waals surface area contributed by atoms with Crippen molar-refractivity contribution in [3.63, 3.8) is 0 Å². The molecule has 0 radical (unpaired) electrons. The maximum absolute atomic E-state index is 10.7. The van der Waals surface area contributed by atoms with E-state index in [0.29, 0.717) is 20.9 Å². The van der Waals surface area contributed by atoms with Crippen LogP contribution in [0.4, 0.5) is 0 Å². The lowest BCUT2D eigenvalue weighted by molar-refractivity contribution is -0.136. The fraction of sp³-hybridized carbons (Fsp3) is 0.100.